The second kappa shape index (κ2) is 6.05. The first-order valence-electron chi connectivity index (χ1n) is 8.32. The van der Waals surface area contributed by atoms with Gasteiger partial charge in [-0.3, -0.25) is 4.79 Å². The van der Waals surface area contributed by atoms with Crippen molar-refractivity contribution in [2.45, 2.75) is 77.7 Å². The van der Waals surface area contributed by atoms with E-state index < -0.39 is 5.60 Å². The highest BCUT2D eigenvalue weighted by molar-refractivity contribution is 5.79. The second-order valence-electron chi connectivity index (χ2n) is 7.93. The molecule has 0 aliphatic heterocycles. The number of carbonyl (C=O) groups excluding carboxylic acids is 1. The highest BCUT2D eigenvalue weighted by Gasteiger charge is 2.38. The van der Waals surface area contributed by atoms with Gasteiger partial charge in [0.25, 0.3) is 0 Å². The third-order valence-corrected chi connectivity index (χ3v) is 5.48. The van der Waals surface area contributed by atoms with E-state index in [-0.39, 0.29) is 17.2 Å². The lowest BCUT2D eigenvalue weighted by Gasteiger charge is -2.39. The molecule has 0 bridgehead atoms. The molecule has 3 heteroatoms. The first kappa shape index (κ1) is 15.8. The Hall–Kier alpha value is -0.570. The van der Waals surface area contributed by atoms with Gasteiger partial charge in [-0.15, -0.1) is 0 Å². The molecule has 2 fully saturated rings. The summed E-state index contributed by atoms with van der Waals surface area (Å²) in [6.45, 7) is 7.03. The second-order valence-corrected chi connectivity index (χ2v) is 7.93. The molecule has 2 aliphatic rings. The lowest BCUT2D eigenvalue weighted by Crippen LogP contribution is -2.49. The summed E-state index contributed by atoms with van der Waals surface area (Å²) in [7, 11) is 0. The summed E-state index contributed by atoms with van der Waals surface area (Å²) in [4.78, 5) is 12.5. The van der Waals surface area contributed by atoms with Gasteiger partial charge in [-0.2, -0.15) is 0 Å². The van der Waals surface area contributed by atoms with Crippen LogP contribution in [0.25, 0.3) is 0 Å². The van der Waals surface area contributed by atoms with Crippen LogP contribution in [0.3, 0.4) is 0 Å². The molecule has 20 heavy (non-hydrogen) atoms. The molecule has 3 atom stereocenters. The van der Waals surface area contributed by atoms with Crippen molar-refractivity contribution in [3.63, 3.8) is 0 Å². The van der Waals surface area contributed by atoms with Gasteiger partial charge in [-0.25, -0.2) is 0 Å². The third kappa shape index (κ3) is 3.75. The monoisotopic (exact) mass is 281 g/mol. The van der Waals surface area contributed by atoms with E-state index in [0.717, 1.165) is 38.5 Å². The minimum atomic E-state index is -0.674. The lowest BCUT2D eigenvalue weighted by atomic mass is 9.68. The van der Waals surface area contributed by atoms with Gasteiger partial charge in [-0.1, -0.05) is 46.5 Å². The van der Waals surface area contributed by atoms with Crippen LogP contribution in [-0.4, -0.2) is 23.2 Å². The number of amides is 1. The number of carbonyl (C=O) groups is 1. The summed E-state index contributed by atoms with van der Waals surface area (Å²) in [5.41, 5.74) is -0.572. The van der Waals surface area contributed by atoms with Gasteiger partial charge >= 0.3 is 0 Å². The van der Waals surface area contributed by atoms with Gasteiger partial charge in [-0.05, 0) is 37.0 Å². The molecule has 2 N–H and O–H groups in total. The van der Waals surface area contributed by atoms with Crippen molar-refractivity contribution in [1.82, 2.24) is 5.32 Å². The Morgan fingerprint density at radius 1 is 1.20 bits per heavy atom. The van der Waals surface area contributed by atoms with Crippen LogP contribution in [-0.2, 0) is 4.79 Å². The van der Waals surface area contributed by atoms with Crippen LogP contribution in [0.5, 0.6) is 0 Å². The Kier molecular flexibility index (Phi) is 4.78. The number of rotatable bonds is 3. The van der Waals surface area contributed by atoms with Crippen LogP contribution in [0.4, 0.5) is 0 Å². The Morgan fingerprint density at radius 2 is 1.95 bits per heavy atom. The van der Waals surface area contributed by atoms with Gasteiger partial charge in [0.2, 0.25) is 5.91 Å². The summed E-state index contributed by atoms with van der Waals surface area (Å²) in [6, 6.07) is 0. The molecule has 116 valence electrons. The third-order valence-electron chi connectivity index (χ3n) is 5.48. The fraction of sp³-hybridized carbons (Fsp3) is 0.941. The first-order valence-corrected chi connectivity index (χ1v) is 8.32. The molecule has 2 aliphatic carbocycles. The molecule has 0 radical (unpaired) electrons. The molecular weight excluding hydrogens is 250 g/mol. The maximum atomic E-state index is 12.5. The number of nitrogens with one attached hydrogen (secondary N) is 1. The zero-order valence-corrected chi connectivity index (χ0v) is 13.4. The zero-order chi connectivity index (χ0) is 14.8. The molecular formula is C17H31NO2. The largest absolute Gasteiger partial charge is 0.388 e. The van der Waals surface area contributed by atoms with E-state index in [9.17, 15) is 9.90 Å². The van der Waals surface area contributed by atoms with Gasteiger partial charge in [0.05, 0.1) is 5.60 Å². The van der Waals surface area contributed by atoms with E-state index in [1.54, 1.807) is 0 Å². The molecule has 3 nitrogen and oxygen atoms in total. The summed E-state index contributed by atoms with van der Waals surface area (Å²) in [5.74, 6) is 0.832. The molecule has 0 aromatic heterocycles. The predicted octanol–water partition coefficient (Wildman–Crippen LogP) is 3.26. The molecule has 0 aromatic rings. The fourth-order valence-corrected chi connectivity index (χ4v) is 4.15. The van der Waals surface area contributed by atoms with Crippen LogP contribution < -0.4 is 5.32 Å². The maximum absolute atomic E-state index is 12.5. The van der Waals surface area contributed by atoms with Crippen molar-refractivity contribution < 1.29 is 9.90 Å². The van der Waals surface area contributed by atoms with Gasteiger partial charge in [0.15, 0.2) is 0 Å². The van der Waals surface area contributed by atoms with Crippen LogP contribution in [0, 0.1) is 17.3 Å². The topological polar surface area (TPSA) is 49.3 Å². The molecule has 0 heterocycles. The van der Waals surface area contributed by atoms with Crippen LogP contribution in [0.1, 0.15) is 72.1 Å². The normalized spacial score (nSPS) is 37.4. The van der Waals surface area contributed by atoms with Crippen molar-refractivity contribution in [2.75, 3.05) is 6.54 Å². The van der Waals surface area contributed by atoms with Gasteiger partial charge < -0.3 is 10.4 Å². The van der Waals surface area contributed by atoms with Crippen LogP contribution in [0.2, 0.25) is 0 Å². The van der Waals surface area contributed by atoms with E-state index in [4.69, 9.17) is 0 Å². The number of hydrogen-bond acceptors (Lipinski definition) is 2. The summed E-state index contributed by atoms with van der Waals surface area (Å²) >= 11 is 0. The van der Waals surface area contributed by atoms with Crippen molar-refractivity contribution in [3.8, 4) is 0 Å². The Morgan fingerprint density at radius 3 is 2.60 bits per heavy atom. The van der Waals surface area contributed by atoms with Gasteiger partial charge in [0.1, 0.15) is 0 Å². The Labute approximate surface area is 123 Å². The average Bonchev–Trinajstić information content (AvgIpc) is 2.35. The van der Waals surface area contributed by atoms with Crippen molar-refractivity contribution in [2.24, 2.45) is 17.3 Å². The zero-order valence-electron chi connectivity index (χ0n) is 13.4. The van der Waals surface area contributed by atoms with Crippen LogP contribution in [0.15, 0.2) is 0 Å². The predicted molar refractivity (Wildman–Crippen MR) is 81.3 cm³/mol. The maximum Gasteiger partial charge on any atom is 0.223 e. The lowest BCUT2D eigenvalue weighted by molar-refractivity contribution is -0.132. The number of hydrogen-bond donors (Lipinski definition) is 2. The highest BCUT2D eigenvalue weighted by Crippen LogP contribution is 2.40. The SMILES string of the molecule is CC1CCCC(O)(CNC(=O)C2CCCCC2(C)C)C1. The molecule has 0 spiro atoms. The van der Waals surface area contributed by atoms with Gasteiger partial charge in [0, 0.05) is 12.5 Å². The molecule has 1 amide bonds. The fourth-order valence-electron chi connectivity index (χ4n) is 4.15. The molecule has 2 rings (SSSR count). The first-order chi connectivity index (χ1) is 9.32. The van der Waals surface area contributed by atoms with Crippen molar-refractivity contribution >= 4 is 5.91 Å². The molecule has 0 saturated heterocycles. The minimum absolute atomic E-state index is 0.102. The quantitative estimate of drug-likeness (QED) is 0.834. The molecule has 2 saturated carbocycles. The molecule has 3 unspecified atom stereocenters. The number of aliphatic hydroxyl groups is 1. The summed E-state index contributed by atoms with van der Waals surface area (Å²) in [5, 5.41) is 13.7. The Balaban J connectivity index is 1.88. The smallest absolute Gasteiger partial charge is 0.223 e. The summed E-state index contributed by atoms with van der Waals surface area (Å²) in [6.07, 6.45) is 8.43. The standard InChI is InChI=1S/C17H31NO2/c1-13-7-6-10-17(20,11-13)12-18-15(19)14-8-4-5-9-16(14,2)3/h13-14,20H,4-12H2,1-3H3,(H,18,19). The summed E-state index contributed by atoms with van der Waals surface area (Å²) < 4.78 is 0. The van der Waals surface area contributed by atoms with Crippen LogP contribution >= 0.6 is 0 Å². The van der Waals surface area contributed by atoms with Crippen molar-refractivity contribution in [3.05, 3.63) is 0 Å². The molecule has 0 aromatic carbocycles. The van der Waals surface area contributed by atoms with E-state index in [1.165, 1.54) is 12.8 Å². The van der Waals surface area contributed by atoms with E-state index in [1.807, 2.05) is 0 Å². The average molecular weight is 281 g/mol. The van der Waals surface area contributed by atoms with Crippen molar-refractivity contribution in [1.29, 1.82) is 0 Å². The van der Waals surface area contributed by atoms with E-state index >= 15 is 0 Å². The Bertz CT molecular complexity index is 353. The highest BCUT2D eigenvalue weighted by atomic mass is 16.3. The van der Waals surface area contributed by atoms with E-state index in [2.05, 4.69) is 26.1 Å². The van der Waals surface area contributed by atoms with E-state index in [0.29, 0.717) is 12.5 Å². The minimum Gasteiger partial charge on any atom is -0.388 e.